The lowest BCUT2D eigenvalue weighted by Crippen LogP contribution is -2.53. The molecule has 5 amide bonds. The molecule has 0 radical (unpaired) electrons. The molecule has 20 heteroatoms. The molecule has 0 saturated carbocycles. The van der Waals surface area contributed by atoms with Gasteiger partial charge in [-0.3, -0.25) is 34.2 Å². The molecule has 0 spiro atoms. The number of aromatic amines is 1. The summed E-state index contributed by atoms with van der Waals surface area (Å²) < 4.78 is 66.6. The number of carbonyl (C=O) groups excluding carboxylic acids is 4. The summed E-state index contributed by atoms with van der Waals surface area (Å²) in [5.74, 6) is -4.33. The van der Waals surface area contributed by atoms with E-state index in [1.165, 1.54) is 52.4 Å². The molecule has 0 unspecified atom stereocenters. The minimum absolute atomic E-state index is 0.0381. The highest BCUT2D eigenvalue weighted by atomic mass is 35.5. The van der Waals surface area contributed by atoms with Crippen LogP contribution < -0.4 is 20.0 Å². The lowest BCUT2D eigenvalue weighted by Gasteiger charge is -2.44. The van der Waals surface area contributed by atoms with Crippen molar-refractivity contribution in [2.24, 2.45) is 0 Å². The fourth-order valence-corrected chi connectivity index (χ4v) is 9.77. The number of piperazine rings is 1. The first-order valence-corrected chi connectivity index (χ1v) is 22.3. The zero-order valence-electron chi connectivity index (χ0n) is 36.4. The number of anilines is 3. The fraction of sp³-hybridized carbons (Fsp3) is 0.391. The highest BCUT2D eigenvalue weighted by Crippen LogP contribution is 2.41. The van der Waals surface area contributed by atoms with Crippen LogP contribution in [0, 0.1) is 23.3 Å². The van der Waals surface area contributed by atoms with Crippen LogP contribution in [0.4, 0.5) is 39.4 Å². The Hall–Kier alpha value is -6.47. The monoisotopic (exact) mass is 929 g/mol. The smallest absolute Gasteiger partial charge is 0.328 e. The molecule has 3 fully saturated rings. The number of fused-ring (bicyclic) bond motifs is 1. The molecular formula is C46H48ClF4N11O4. The van der Waals surface area contributed by atoms with Gasteiger partial charge in [0.25, 0.3) is 5.91 Å². The highest BCUT2D eigenvalue weighted by molar-refractivity contribution is 6.34. The Morgan fingerprint density at radius 3 is 2.30 bits per heavy atom. The molecule has 0 bridgehead atoms. The molecule has 2 aromatic heterocycles. The zero-order valence-corrected chi connectivity index (χ0v) is 37.2. The average molecular weight is 930 g/mol. The number of imide groups is 1. The third-order valence-corrected chi connectivity index (χ3v) is 13.4. The van der Waals surface area contributed by atoms with E-state index in [2.05, 4.69) is 25.5 Å². The van der Waals surface area contributed by atoms with Crippen LogP contribution in [0.2, 0.25) is 5.02 Å². The van der Waals surface area contributed by atoms with Gasteiger partial charge in [0.05, 0.1) is 40.3 Å². The Balaban J connectivity index is 0.895. The van der Waals surface area contributed by atoms with Gasteiger partial charge in [-0.25, -0.2) is 22.4 Å². The summed E-state index contributed by atoms with van der Waals surface area (Å²) >= 11 is 6.54. The van der Waals surface area contributed by atoms with Crippen molar-refractivity contribution in [2.75, 3.05) is 87.7 Å². The Morgan fingerprint density at radius 1 is 0.833 bits per heavy atom. The molecule has 15 nitrogen and oxygen atoms in total. The summed E-state index contributed by atoms with van der Waals surface area (Å²) in [4.78, 5) is 63.5. The van der Waals surface area contributed by atoms with Crippen molar-refractivity contribution in [3.63, 3.8) is 0 Å². The molecule has 6 heterocycles. The van der Waals surface area contributed by atoms with Gasteiger partial charge in [0.2, 0.25) is 11.8 Å². The normalized spacial score (nSPS) is 17.7. The number of hydrogen-bond donors (Lipinski definition) is 2. The zero-order chi connectivity index (χ0) is 46.4. The van der Waals surface area contributed by atoms with E-state index in [-0.39, 0.29) is 87.6 Å². The van der Waals surface area contributed by atoms with Crippen molar-refractivity contribution >= 4 is 68.9 Å². The van der Waals surface area contributed by atoms with Gasteiger partial charge in [0.15, 0.2) is 17.5 Å². The fourth-order valence-electron chi connectivity index (χ4n) is 9.51. The van der Waals surface area contributed by atoms with Gasteiger partial charge in [-0.2, -0.15) is 0 Å². The molecule has 4 aliphatic heterocycles. The molecular weight excluding hydrogens is 882 g/mol. The van der Waals surface area contributed by atoms with Gasteiger partial charge in [-0.1, -0.05) is 22.9 Å². The first-order valence-electron chi connectivity index (χ1n) is 22.0. The number of halogens is 5. The second-order valence-corrected chi connectivity index (χ2v) is 17.6. The number of benzene rings is 3. The summed E-state index contributed by atoms with van der Waals surface area (Å²) in [6, 6.07) is 8.24. The molecule has 2 N–H and O–H groups in total. The third-order valence-electron chi connectivity index (χ3n) is 13.1. The lowest BCUT2D eigenvalue weighted by molar-refractivity contribution is -0.131. The second kappa shape index (κ2) is 18.4. The number of aryl methyl sites for hydroxylation is 1. The van der Waals surface area contributed by atoms with Gasteiger partial charge >= 0.3 is 6.03 Å². The van der Waals surface area contributed by atoms with Crippen molar-refractivity contribution in [2.45, 2.75) is 44.7 Å². The number of urea groups is 1. The highest BCUT2D eigenvalue weighted by Gasteiger charge is 2.33. The van der Waals surface area contributed by atoms with E-state index in [1.54, 1.807) is 29.9 Å². The Morgan fingerprint density at radius 2 is 1.59 bits per heavy atom. The number of nitrogens with zero attached hydrogens (tertiary/aromatic N) is 9. The number of hydrogen-bond acceptors (Lipinski definition) is 9. The van der Waals surface area contributed by atoms with E-state index in [9.17, 15) is 19.2 Å². The first kappa shape index (κ1) is 44.7. The van der Waals surface area contributed by atoms with Crippen LogP contribution in [0.5, 0.6) is 0 Å². The number of H-pyrrole nitrogens is 1. The van der Waals surface area contributed by atoms with Crippen LogP contribution in [0.3, 0.4) is 0 Å². The molecule has 346 valence electrons. The van der Waals surface area contributed by atoms with Crippen LogP contribution in [-0.4, -0.2) is 137 Å². The second-order valence-electron chi connectivity index (χ2n) is 17.2. The maximum Gasteiger partial charge on any atom is 0.328 e. The molecule has 3 saturated heterocycles. The summed E-state index contributed by atoms with van der Waals surface area (Å²) in [5.41, 5.74) is 1.36. The Labute approximate surface area is 382 Å². The number of aromatic nitrogens is 4. The molecule has 9 rings (SSSR count). The quantitative estimate of drug-likeness (QED) is 0.155. The van der Waals surface area contributed by atoms with Crippen LogP contribution in [0.25, 0.3) is 27.6 Å². The summed E-state index contributed by atoms with van der Waals surface area (Å²) in [6.07, 6.45) is 7.19. The van der Waals surface area contributed by atoms with Crippen LogP contribution in [0.15, 0.2) is 54.9 Å². The topological polar surface area (TPSA) is 146 Å². The molecule has 5 aromatic rings. The number of piperidine rings is 1. The maximum absolute atomic E-state index is 16.6. The molecule has 0 aliphatic carbocycles. The van der Waals surface area contributed by atoms with Gasteiger partial charge < -0.3 is 24.6 Å². The Bertz CT molecular complexity index is 2750. The lowest BCUT2D eigenvalue weighted by atomic mass is 9.92. The molecule has 3 aromatic carbocycles. The third kappa shape index (κ3) is 8.68. The molecule has 66 heavy (non-hydrogen) atoms. The minimum Gasteiger partial charge on any atom is -0.369 e. The largest absolute Gasteiger partial charge is 0.369 e. The minimum atomic E-state index is -1.11. The SMILES string of the molecule is CN(C)C(=O)c1cc2c(-c3ccc(N4CCN(C5CCN(c6cc(Cl)c(N7CCC(=O)NC7=O)cc6F)CC5)CC4)c(F)c3F)cc(C3=CCCN(C(=O)CCn4ccnn4)C3)c(F)c2[nH]1. The van der Waals surface area contributed by atoms with Crippen molar-refractivity contribution in [3.8, 4) is 11.1 Å². The first-order chi connectivity index (χ1) is 31.7. The number of amides is 5. The van der Waals surface area contributed by atoms with Crippen molar-refractivity contribution in [1.29, 1.82) is 0 Å². The Kier molecular flexibility index (Phi) is 12.5. The van der Waals surface area contributed by atoms with Crippen LogP contribution in [0.1, 0.15) is 48.2 Å². The van der Waals surface area contributed by atoms with E-state index in [0.29, 0.717) is 70.0 Å². The van der Waals surface area contributed by atoms with Crippen LogP contribution in [-0.2, 0) is 16.1 Å². The summed E-state index contributed by atoms with van der Waals surface area (Å²) in [7, 11) is 3.11. The average Bonchev–Trinajstić information content (AvgIpc) is 4.02. The van der Waals surface area contributed by atoms with E-state index >= 15 is 17.6 Å². The predicted molar refractivity (Wildman–Crippen MR) is 241 cm³/mol. The van der Waals surface area contributed by atoms with Crippen molar-refractivity contribution in [3.05, 3.63) is 94.4 Å². The molecule has 0 atom stereocenters. The predicted octanol–water partition coefficient (Wildman–Crippen LogP) is 6.28. The van der Waals surface area contributed by atoms with E-state index in [0.717, 1.165) is 12.8 Å². The van der Waals surface area contributed by atoms with Gasteiger partial charge in [0, 0.05) is 121 Å². The van der Waals surface area contributed by atoms with E-state index < -0.39 is 41.1 Å². The van der Waals surface area contributed by atoms with Crippen molar-refractivity contribution in [1.82, 2.24) is 40.0 Å². The number of rotatable bonds is 10. The maximum atomic E-state index is 16.6. The van der Waals surface area contributed by atoms with Gasteiger partial charge in [0.1, 0.15) is 11.5 Å². The number of nitrogens with one attached hydrogen (secondary N) is 2. The van der Waals surface area contributed by atoms with Gasteiger partial charge in [-0.15, -0.1) is 5.10 Å². The number of carbonyl (C=O) groups is 4. The molecule has 4 aliphatic rings. The summed E-state index contributed by atoms with van der Waals surface area (Å²) in [5, 5.41) is 10.3. The summed E-state index contributed by atoms with van der Waals surface area (Å²) in [6.45, 7) is 4.10. The van der Waals surface area contributed by atoms with Crippen LogP contribution >= 0.6 is 11.6 Å². The van der Waals surface area contributed by atoms with E-state index in [1.807, 2.05) is 15.9 Å². The van der Waals surface area contributed by atoms with Gasteiger partial charge in [-0.05, 0) is 60.7 Å². The van der Waals surface area contributed by atoms with Crippen molar-refractivity contribution < 1.29 is 36.7 Å². The van der Waals surface area contributed by atoms with E-state index in [4.69, 9.17) is 11.6 Å². The standard InChI is InChI=1S/C46H48ClF4N11O4/c1-56(2)45(65)35-23-32-31(22-30(42(50)44(32)53-35)27-4-3-12-60(26-27)40(64)10-15-61-17-11-52-55-61)29-5-6-36(43(51)41(29)49)59-20-18-57(19-21-59)28-7-13-58(14-8-28)38-24-33(47)37(25-34(38)48)62-16-9-39(63)54-46(62)66/h4-6,11,17,22-25,28,53H,3,7-10,12-16,18-21,26H2,1-2H3,(H,54,63,66).